The van der Waals surface area contributed by atoms with Crippen molar-refractivity contribution in [3.8, 4) is 0 Å². The highest BCUT2D eigenvalue weighted by Crippen LogP contribution is 2.20. The summed E-state index contributed by atoms with van der Waals surface area (Å²) in [6.07, 6.45) is 2.50. The van der Waals surface area contributed by atoms with Gasteiger partial charge in [0.05, 0.1) is 17.8 Å². The van der Waals surface area contributed by atoms with E-state index in [9.17, 15) is 14.7 Å². The molecule has 0 radical (unpaired) electrons. The SMILES string of the molecule is CC(O)CC(NC(=O)C1CCCN1Cc1ccccn1)C(=O)O. The number of nitrogens with one attached hydrogen (secondary N) is 1. The standard InChI is InChI=1S/C16H23N3O4/c1-11(20)9-13(16(22)23)18-15(21)14-6-4-8-19(14)10-12-5-2-3-7-17-12/h2-3,5,7,11,13-14,20H,4,6,8-10H2,1H3,(H,18,21)(H,22,23). The van der Waals surface area contributed by atoms with Crippen LogP contribution in [0.5, 0.6) is 0 Å². The molecular formula is C16H23N3O4. The second-order valence-electron chi connectivity index (χ2n) is 5.93. The van der Waals surface area contributed by atoms with E-state index in [0.717, 1.165) is 18.7 Å². The maximum atomic E-state index is 12.4. The Morgan fingerprint density at radius 3 is 2.87 bits per heavy atom. The lowest BCUT2D eigenvalue weighted by atomic mass is 10.1. The van der Waals surface area contributed by atoms with E-state index in [-0.39, 0.29) is 18.4 Å². The highest BCUT2D eigenvalue weighted by molar-refractivity contribution is 5.87. The lowest BCUT2D eigenvalue weighted by Gasteiger charge is -2.25. The number of hydrogen-bond acceptors (Lipinski definition) is 5. The number of hydrogen-bond donors (Lipinski definition) is 3. The van der Waals surface area contributed by atoms with Gasteiger partial charge in [0.25, 0.3) is 0 Å². The predicted octanol–water partition coefficient (Wildman–Crippen LogP) is 0.386. The van der Waals surface area contributed by atoms with E-state index in [1.807, 2.05) is 23.1 Å². The molecule has 1 aliphatic heterocycles. The first-order valence-electron chi connectivity index (χ1n) is 7.82. The maximum Gasteiger partial charge on any atom is 0.326 e. The van der Waals surface area contributed by atoms with Gasteiger partial charge in [-0.25, -0.2) is 4.79 Å². The lowest BCUT2D eigenvalue weighted by Crippen LogP contribution is -2.50. The number of aliphatic hydroxyl groups is 1. The first kappa shape index (κ1) is 17.4. The van der Waals surface area contributed by atoms with Gasteiger partial charge in [0.2, 0.25) is 5.91 Å². The normalized spacial score (nSPS) is 20.9. The summed E-state index contributed by atoms with van der Waals surface area (Å²) in [5.41, 5.74) is 0.881. The van der Waals surface area contributed by atoms with Crippen LogP contribution in [0.4, 0.5) is 0 Å². The van der Waals surface area contributed by atoms with Gasteiger partial charge >= 0.3 is 5.97 Å². The van der Waals surface area contributed by atoms with E-state index in [2.05, 4.69) is 10.3 Å². The average molecular weight is 321 g/mol. The Kier molecular flexibility index (Phi) is 6.06. The molecule has 1 aromatic heterocycles. The molecule has 1 aliphatic rings. The molecule has 3 N–H and O–H groups in total. The zero-order chi connectivity index (χ0) is 16.8. The quantitative estimate of drug-likeness (QED) is 0.671. The summed E-state index contributed by atoms with van der Waals surface area (Å²) in [5, 5.41) is 21.1. The molecule has 2 rings (SSSR count). The van der Waals surface area contributed by atoms with Crippen LogP contribution in [-0.2, 0) is 16.1 Å². The highest BCUT2D eigenvalue weighted by Gasteiger charge is 2.33. The van der Waals surface area contributed by atoms with Crippen LogP contribution in [0.15, 0.2) is 24.4 Å². The third-order valence-corrected chi connectivity index (χ3v) is 3.95. The molecule has 0 aromatic carbocycles. The molecule has 126 valence electrons. The third kappa shape index (κ3) is 5.01. The van der Waals surface area contributed by atoms with Gasteiger partial charge in [-0.05, 0) is 38.4 Å². The number of aromatic nitrogens is 1. The lowest BCUT2D eigenvalue weighted by molar-refractivity contribution is -0.143. The highest BCUT2D eigenvalue weighted by atomic mass is 16.4. The number of nitrogens with zero attached hydrogens (tertiary/aromatic N) is 2. The molecule has 0 bridgehead atoms. The Morgan fingerprint density at radius 1 is 1.48 bits per heavy atom. The van der Waals surface area contributed by atoms with Gasteiger partial charge in [-0.3, -0.25) is 14.7 Å². The van der Waals surface area contributed by atoms with Crippen molar-refractivity contribution in [2.45, 2.75) is 50.9 Å². The zero-order valence-electron chi connectivity index (χ0n) is 13.2. The van der Waals surface area contributed by atoms with Gasteiger partial charge in [-0.2, -0.15) is 0 Å². The van der Waals surface area contributed by atoms with Crippen molar-refractivity contribution in [3.05, 3.63) is 30.1 Å². The molecule has 7 nitrogen and oxygen atoms in total. The molecule has 0 saturated carbocycles. The Hall–Kier alpha value is -1.99. The van der Waals surface area contributed by atoms with Crippen LogP contribution in [0.1, 0.15) is 31.9 Å². The number of aliphatic carboxylic acids is 1. The summed E-state index contributed by atoms with van der Waals surface area (Å²) < 4.78 is 0. The molecule has 7 heteroatoms. The number of pyridine rings is 1. The molecule has 2 heterocycles. The molecule has 3 atom stereocenters. The van der Waals surface area contributed by atoms with Crippen molar-refractivity contribution >= 4 is 11.9 Å². The van der Waals surface area contributed by atoms with Gasteiger partial charge in [0, 0.05) is 19.2 Å². The molecule has 3 unspecified atom stereocenters. The van der Waals surface area contributed by atoms with Gasteiger partial charge in [0.15, 0.2) is 0 Å². The number of likely N-dealkylation sites (tertiary alicyclic amines) is 1. The number of aliphatic hydroxyl groups excluding tert-OH is 1. The minimum Gasteiger partial charge on any atom is -0.480 e. The summed E-state index contributed by atoms with van der Waals surface area (Å²) in [6, 6.07) is 4.22. The Bertz CT molecular complexity index is 535. The van der Waals surface area contributed by atoms with E-state index >= 15 is 0 Å². The summed E-state index contributed by atoms with van der Waals surface area (Å²) in [4.78, 5) is 29.9. The van der Waals surface area contributed by atoms with Gasteiger partial charge in [-0.1, -0.05) is 6.07 Å². The van der Waals surface area contributed by atoms with Crippen molar-refractivity contribution in [2.24, 2.45) is 0 Å². The van der Waals surface area contributed by atoms with Crippen molar-refractivity contribution in [2.75, 3.05) is 6.54 Å². The van der Waals surface area contributed by atoms with E-state index in [0.29, 0.717) is 13.0 Å². The Morgan fingerprint density at radius 2 is 2.26 bits per heavy atom. The minimum atomic E-state index is -1.13. The molecule has 1 fully saturated rings. The number of carbonyl (C=O) groups is 2. The molecular weight excluding hydrogens is 298 g/mol. The van der Waals surface area contributed by atoms with Gasteiger partial charge < -0.3 is 15.5 Å². The first-order valence-corrected chi connectivity index (χ1v) is 7.82. The van der Waals surface area contributed by atoms with Crippen LogP contribution >= 0.6 is 0 Å². The molecule has 23 heavy (non-hydrogen) atoms. The zero-order valence-corrected chi connectivity index (χ0v) is 13.2. The third-order valence-electron chi connectivity index (χ3n) is 3.95. The van der Waals surface area contributed by atoms with Crippen LogP contribution in [0.25, 0.3) is 0 Å². The molecule has 1 aromatic rings. The second kappa shape index (κ2) is 8.03. The summed E-state index contributed by atoms with van der Waals surface area (Å²) in [7, 11) is 0. The Balaban J connectivity index is 1.98. The molecule has 1 saturated heterocycles. The van der Waals surface area contributed by atoms with Crippen LogP contribution in [-0.4, -0.2) is 56.7 Å². The number of rotatable bonds is 7. The predicted molar refractivity (Wildman–Crippen MR) is 83.5 cm³/mol. The van der Waals surface area contributed by atoms with E-state index in [1.54, 1.807) is 6.20 Å². The fraction of sp³-hybridized carbons (Fsp3) is 0.562. The number of carboxylic acid groups (broad SMARTS) is 1. The van der Waals surface area contributed by atoms with Crippen molar-refractivity contribution in [1.29, 1.82) is 0 Å². The molecule has 1 amide bonds. The van der Waals surface area contributed by atoms with Gasteiger partial charge in [0.1, 0.15) is 6.04 Å². The first-order chi connectivity index (χ1) is 11.0. The van der Waals surface area contributed by atoms with Crippen molar-refractivity contribution in [1.82, 2.24) is 15.2 Å². The van der Waals surface area contributed by atoms with Crippen molar-refractivity contribution < 1.29 is 19.8 Å². The molecule has 0 aliphatic carbocycles. The molecule has 0 spiro atoms. The van der Waals surface area contributed by atoms with E-state index in [1.165, 1.54) is 6.92 Å². The minimum absolute atomic E-state index is 0.00592. The largest absolute Gasteiger partial charge is 0.480 e. The van der Waals surface area contributed by atoms with Crippen LogP contribution in [0, 0.1) is 0 Å². The van der Waals surface area contributed by atoms with Crippen LogP contribution in [0.2, 0.25) is 0 Å². The smallest absolute Gasteiger partial charge is 0.326 e. The second-order valence-corrected chi connectivity index (χ2v) is 5.93. The fourth-order valence-electron chi connectivity index (χ4n) is 2.84. The average Bonchev–Trinajstić information content (AvgIpc) is 2.95. The fourth-order valence-corrected chi connectivity index (χ4v) is 2.84. The maximum absolute atomic E-state index is 12.4. The summed E-state index contributed by atoms with van der Waals surface area (Å²) in [5.74, 6) is -1.43. The summed E-state index contributed by atoms with van der Waals surface area (Å²) >= 11 is 0. The number of carbonyl (C=O) groups excluding carboxylic acids is 1. The van der Waals surface area contributed by atoms with E-state index in [4.69, 9.17) is 5.11 Å². The van der Waals surface area contributed by atoms with Crippen LogP contribution in [0.3, 0.4) is 0 Å². The number of amides is 1. The monoisotopic (exact) mass is 321 g/mol. The summed E-state index contributed by atoms with van der Waals surface area (Å²) in [6.45, 7) is 2.85. The Labute approximate surface area is 135 Å². The van der Waals surface area contributed by atoms with Gasteiger partial charge in [-0.15, -0.1) is 0 Å². The van der Waals surface area contributed by atoms with E-state index < -0.39 is 18.1 Å². The topological polar surface area (TPSA) is 103 Å². The number of carboxylic acids is 1. The van der Waals surface area contributed by atoms with Crippen LogP contribution < -0.4 is 5.32 Å². The van der Waals surface area contributed by atoms with Crippen molar-refractivity contribution in [3.63, 3.8) is 0 Å².